The summed E-state index contributed by atoms with van der Waals surface area (Å²) in [5.41, 5.74) is 0.839. The molecule has 1 aromatic heterocycles. The second-order valence-electron chi connectivity index (χ2n) is 8.39. The van der Waals surface area contributed by atoms with E-state index in [0.29, 0.717) is 17.2 Å². The van der Waals surface area contributed by atoms with Gasteiger partial charge in [0.15, 0.2) is 11.5 Å². The van der Waals surface area contributed by atoms with Gasteiger partial charge in [-0.1, -0.05) is 17.5 Å². The molecule has 3 aliphatic rings. The Bertz CT molecular complexity index is 1120. The van der Waals surface area contributed by atoms with Gasteiger partial charge < -0.3 is 10.1 Å². The fraction of sp³-hybridized carbons (Fsp3) is 0.455. The van der Waals surface area contributed by atoms with E-state index in [9.17, 15) is 13.2 Å². The summed E-state index contributed by atoms with van der Waals surface area (Å²) in [5, 5.41) is 9.82. The van der Waals surface area contributed by atoms with Gasteiger partial charge in [0.25, 0.3) is 0 Å². The third-order valence-corrected chi connectivity index (χ3v) is 6.86. The lowest BCUT2D eigenvalue weighted by molar-refractivity contribution is 0.0755. The van der Waals surface area contributed by atoms with Crippen molar-refractivity contribution >= 4 is 28.8 Å². The van der Waals surface area contributed by atoms with E-state index < -0.39 is 23.3 Å². The molecule has 1 spiro atoms. The molecule has 2 N–H and O–H groups in total. The van der Waals surface area contributed by atoms with Crippen molar-refractivity contribution < 1.29 is 17.9 Å². The lowest BCUT2D eigenvalue weighted by Crippen LogP contribution is -2.53. The Morgan fingerprint density at radius 1 is 1.19 bits per heavy atom. The average Bonchev–Trinajstić information content (AvgIpc) is 3.43. The average molecular weight is 464 g/mol. The van der Waals surface area contributed by atoms with E-state index in [-0.39, 0.29) is 22.8 Å². The minimum Gasteiger partial charge on any atom is -0.381 e. The number of fused-ring (bicyclic) bond motifs is 1. The van der Waals surface area contributed by atoms with Gasteiger partial charge in [-0.25, -0.2) is 18.2 Å². The summed E-state index contributed by atoms with van der Waals surface area (Å²) in [5.74, 6) is 4.18. The van der Waals surface area contributed by atoms with E-state index >= 15 is 0 Å². The van der Waals surface area contributed by atoms with Gasteiger partial charge in [0.05, 0.1) is 22.9 Å². The largest absolute Gasteiger partial charge is 0.381 e. The molecule has 10 heteroatoms. The highest BCUT2D eigenvalue weighted by molar-refractivity contribution is 6.31. The van der Waals surface area contributed by atoms with Crippen molar-refractivity contribution in [3.8, 4) is 11.8 Å². The summed E-state index contributed by atoms with van der Waals surface area (Å²) < 4.78 is 47.1. The fourth-order valence-corrected chi connectivity index (χ4v) is 4.73. The molecule has 6 nitrogen and oxygen atoms in total. The first kappa shape index (κ1) is 21.3. The van der Waals surface area contributed by atoms with Gasteiger partial charge in [0.1, 0.15) is 30.2 Å². The second kappa shape index (κ2) is 8.43. The molecule has 0 bridgehead atoms. The number of aromatic amines is 1. The highest BCUT2D eigenvalue weighted by atomic mass is 35.5. The number of hydrogen-bond acceptors (Lipinski definition) is 5. The molecule has 0 aliphatic carbocycles. The molecule has 168 valence electrons. The number of hydrogen-bond donors (Lipinski definition) is 2. The highest BCUT2D eigenvalue weighted by Gasteiger charge is 2.41. The van der Waals surface area contributed by atoms with Crippen LogP contribution in [0.4, 0.5) is 24.7 Å². The Morgan fingerprint density at radius 3 is 2.69 bits per heavy atom. The minimum atomic E-state index is -0.767. The number of piperidine rings is 1. The first-order chi connectivity index (χ1) is 15.5. The SMILES string of the molecule is FCC1=Nc2c(C#Cc3c(F)ccc(F)c3Cl)n[nH]c2NC1N1CCC2(CCOC2)CC1. The normalized spacial score (nSPS) is 22.1. The van der Waals surface area contributed by atoms with E-state index in [4.69, 9.17) is 16.3 Å². The molecule has 2 aromatic rings. The van der Waals surface area contributed by atoms with Crippen LogP contribution >= 0.6 is 11.6 Å². The van der Waals surface area contributed by atoms with Crippen molar-refractivity contribution in [3.05, 3.63) is 40.0 Å². The molecule has 3 aliphatic heterocycles. The Kier molecular flexibility index (Phi) is 5.61. The smallest absolute Gasteiger partial charge is 0.163 e. The zero-order valence-corrected chi connectivity index (χ0v) is 17.9. The third kappa shape index (κ3) is 3.76. The van der Waals surface area contributed by atoms with Crippen molar-refractivity contribution in [2.24, 2.45) is 10.4 Å². The molecule has 2 saturated heterocycles. The summed E-state index contributed by atoms with van der Waals surface area (Å²) in [7, 11) is 0. The molecule has 0 radical (unpaired) electrons. The predicted octanol–water partition coefficient (Wildman–Crippen LogP) is 4.04. The van der Waals surface area contributed by atoms with E-state index in [1.165, 1.54) is 0 Å². The highest BCUT2D eigenvalue weighted by Crippen LogP contribution is 2.40. The summed E-state index contributed by atoms with van der Waals surface area (Å²) in [6.07, 6.45) is 2.68. The van der Waals surface area contributed by atoms with Crippen LogP contribution in [0.2, 0.25) is 5.02 Å². The van der Waals surface area contributed by atoms with E-state index in [0.717, 1.165) is 57.7 Å². The standard InChI is InChI=1S/C22H21ClF3N5O/c23-18-13(14(25)2-3-15(18)26)1-4-16-19-20(30-29-16)28-21(17(11-24)27-19)31-8-5-22(6-9-31)7-10-32-12-22/h2-3,21H,5-12H2,(H2,28,29,30). The molecule has 1 aromatic carbocycles. The number of anilines is 1. The third-order valence-electron chi connectivity index (χ3n) is 6.49. The van der Waals surface area contributed by atoms with Crippen molar-refractivity contribution in [2.45, 2.75) is 25.4 Å². The molecule has 1 atom stereocenters. The Morgan fingerprint density at radius 2 is 1.97 bits per heavy atom. The minimum absolute atomic E-state index is 0.192. The molecule has 32 heavy (non-hydrogen) atoms. The second-order valence-corrected chi connectivity index (χ2v) is 8.76. The number of nitrogens with one attached hydrogen (secondary N) is 2. The number of aliphatic imine (C=N–C) groups is 1. The van der Waals surface area contributed by atoms with Crippen molar-refractivity contribution in [2.75, 3.05) is 38.3 Å². The maximum absolute atomic E-state index is 14.0. The van der Waals surface area contributed by atoms with E-state index in [1.807, 2.05) is 0 Å². The molecular weight excluding hydrogens is 443 g/mol. The number of nitrogens with zero attached hydrogens (tertiary/aromatic N) is 3. The maximum Gasteiger partial charge on any atom is 0.163 e. The van der Waals surface area contributed by atoms with E-state index in [1.54, 1.807) is 0 Å². The van der Waals surface area contributed by atoms with Crippen LogP contribution in [0.1, 0.15) is 30.5 Å². The number of aromatic nitrogens is 2. The van der Waals surface area contributed by atoms with Gasteiger partial charge in [0, 0.05) is 19.7 Å². The van der Waals surface area contributed by atoms with Crippen molar-refractivity contribution in [1.29, 1.82) is 0 Å². The topological polar surface area (TPSA) is 65.5 Å². The van der Waals surface area contributed by atoms with Gasteiger partial charge in [-0.15, -0.1) is 0 Å². The number of likely N-dealkylation sites (tertiary alicyclic amines) is 1. The summed E-state index contributed by atoms with van der Waals surface area (Å²) in [4.78, 5) is 6.64. The molecule has 0 saturated carbocycles. The van der Waals surface area contributed by atoms with Gasteiger partial charge in [0.2, 0.25) is 0 Å². The number of halogens is 4. The number of alkyl halides is 1. The van der Waals surface area contributed by atoms with Crippen LogP contribution in [0.3, 0.4) is 0 Å². The van der Waals surface area contributed by atoms with Crippen molar-refractivity contribution in [1.82, 2.24) is 15.1 Å². The van der Waals surface area contributed by atoms with Crippen molar-refractivity contribution in [3.63, 3.8) is 0 Å². The molecule has 0 amide bonds. The molecule has 2 fully saturated rings. The zero-order valence-electron chi connectivity index (χ0n) is 17.2. The van der Waals surface area contributed by atoms with Crippen LogP contribution < -0.4 is 5.32 Å². The van der Waals surface area contributed by atoms with Gasteiger partial charge in [-0.2, -0.15) is 5.10 Å². The monoisotopic (exact) mass is 463 g/mol. The Labute approximate surface area is 188 Å². The lowest BCUT2D eigenvalue weighted by Gasteiger charge is -2.42. The number of H-pyrrole nitrogens is 1. The lowest BCUT2D eigenvalue weighted by atomic mass is 9.78. The maximum atomic E-state index is 14.0. The number of rotatable bonds is 2. The van der Waals surface area contributed by atoms with Crippen LogP contribution in [0.5, 0.6) is 0 Å². The van der Waals surface area contributed by atoms with Crippen LogP contribution in [0, 0.1) is 28.9 Å². The Balaban J connectivity index is 1.38. The first-order valence-electron chi connectivity index (χ1n) is 10.5. The molecule has 4 heterocycles. The predicted molar refractivity (Wildman–Crippen MR) is 115 cm³/mol. The quantitative estimate of drug-likeness (QED) is 0.521. The first-order valence-corrected chi connectivity index (χ1v) is 10.8. The van der Waals surface area contributed by atoms with Crippen LogP contribution in [-0.2, 0) is 4.74 Å². The summed E-state index contributed by atoms with van der Waals surface area (Å²) >= 11 is 5.83. The van der Waals surface area contributed by atoms with Gasteiger partial charge in [-0.05, 0) is 42.7 Å². The molecule has 5 rings (SSSR count). The number of benzene rings is 1. The van der Waals surface area contributed by atoms with Gasteiger partial charge in [-0.3, -0.25) is 10.00 Å². The van der Waals surface area contributed by atoms with E-state index in [2.05, 4.69) is 37.2 Å². The molecular formula is C22H21ClF3N5O. The van der Waals surface area contributed by atoms with Crippen LogP contribution in [0.25, 0.3) is 0 Å². The van der Waals surface area contributed by atoms with Crippen LogP contribution in [0.15, 0.2) is 17.1 Å². The molecule has 1 unspecified atom stereocenters. The van der Waals surface area contributed by atoms with Gasteiger partial charge >= 0.3 is 0 Å². The zero-order chi connectivity index (χ0) is 22.3. The summed E-state index contributed by atoms with van der Waals surface area (Å²) in [6, 6.07) is 1.89. The van der Waals surface area contributed by atoms with Crippen LogP contribution in [-0.4, -0.2) is 60.0 Å². The number of ether oxygens (including phenoxy) is 1. The summed E-state index contributed by atoms with van der Waals surface area (Å²) in [6.45, 7) is 2.50. The Hall–Kier alpha value is -2.54. The fourth-order valence-electron chi connectivity index (χ4n) is 4.53.